The fraction of sp³-hybridized carbons (Fsp3) is 0.118. The minimum absolute atomic E-state index is 0.325. The average Bonchev–Trinajstić information content (AvgIpc) is 2.57. The smallest absolute Gasteiger partial charge is 0.345 e. The maximum absolute atomic E-state index is 12.1. The number of carbonyl (C=O) groups is 1. The van der Waals surface area contributed by atoms with Crippen molar-refractivity contribution in [3.05, 3.63) is 64.7 Å². The number of ether oxygens (including phenoxy) is 1. The van der Waals surface area contributed by atoms with Crippen molar-refractivity contribution in [2.75, 3.05) is 6.54 Å². The van der Waals surface area contributed by atoms with E-state index < -0.39 is 5.97 Å². The van der Waals surface area contributed by atoms with Gasteiger partial charge in [-0.3, -0.25) is 5.43 Å². The van der Waals surface area contributed by atoms with Gasteiger partial charge in [0.05, 0.1) is 16.8 Å². The van der Waals surface area contributed by atoms with Crippen LogP contribution in [0.5, 0.6) is 5.75 Å². The van der Waals surface area contributed by atoms with Crippen LogP contribution in [-0.4, -0.2) is 23.8 Å². The van der Waals surface area contributed by atoms with Crippen LogP contribution in [0.4, 0.5) is 0 Å². The van der Waals surface area contributed by atoms with Gasteiger partial charge >= 0.3 is 5.97 Å². The number of esters is 1. The maximum atomic E-state index is 12.1. The van der Waals surface area contributed by atoms with Gasteiger partial charge in [0.2, 0.25) is 0 Å². The first-order valence-electron chi connectivity index (χ1n) is 7.24. The Morgan fingerprint density at radius 1 is 1.25 bits per heavy atom. The molecule has 0 saturated carbocycles. The van der Waals surface area contributed by atoms with Crippen molar-refractivity contribution in [3.63, 3.8) is 0 Å². The Balaban J connectivity index is 1.95. The van der Waals surface area contributed by atoms with Crippen LogP contribution in [0.15, 0.2) is 53.6 Å². The average molecular weight is 362 g/mol. The van der Waals surface area contributed by atoms with Crippen molar-refractivity contribution in [2.24, 2.45) is 5.10 Å². The summed E-state index contributed by atoms with van der Waals surface area (Å²) in [5, 5.41) is 7.74. The Hall–Kier alpha value is -2.44. The zero-order chi connectivity index (χ0) is 17.4. The minimum atomic E-state index is -0.500. The lowest BCUT2D eigenvalue weighted by Crippen LogP contribution is -2.31. The summed E-state index contributed by atoms with van der Waals surface area (Å²) in [5.74, 6) is -0.0760. The molecule has 0 unspecified atom stereocenters. The lowest BCUT2D eigenvalue weighted by Gasteiger charge is -2.06. The number of nitrogens with zero attached hydrogens (tertiary/aromatic N) is 1. The third-order valence-corrected chi connectivity index (χ3v) is 3.47. The summed E-state index contributed by atoms with van der Waals surface area (Å²) < 4.78 is 5.30. The van der Waals surface area contributed by atoms with Crippen LogP contribution in [0.25, 0.3) is 0 Å². The second-order valence-electron chi connectivity index (χ2n) is 4.67. The minimum Gasteiger partial charge on any atom is -0.423 e. The zero-order valence-electron chi connectivity index (χ0n) is 13.0. The molecule has 0 saturated heterocycles. The lowest BCUT2D eigenvalue weighted by atomic mass is 10.2. The van der Waals surface area contributed by atoms with Crippen molar-refractivity contribution < 1.29 is 9.53 Å². The largest absolute Gasteiger partial charge is 0.423 e. The molecule has 2 aromatic rings. The van der Waals surface area contributed by atoms with Crippen LogP contribution in [0, 0.1) is 0 Å². The van der Waals surface area contributed by atoms with Crippen LogP contribution in [0.3, 0.4) is 0 Å². The molecule has 0 amide bonds. The van der Waals surface area contributed by atoms with Crippen molar-refractivity contribution in [1.29, 1.82) is 0 Å². The molecule has 2 rings (SSSR count). The molecule has 0 aliphatic rings. The van der Waals surface area contributed by atoms with Gasteiger partial charge in [-0.2, -0.15) is 5.10 Å². The van der Waals surface area contributed by atoms with E-state index in [-0.39, 0.29) is 0 Å². The van der Waals surface area contributed by atoms with E-state index in [4.69, 9.17) is 28.6 Å². The van der Waals surface area contributed by atoms with Gasteiger partial charge in [0, 0.05) is 6.54 Å². The van der Waals surface area contributed by atoms with Gasteiger partial charge in [-0.25, -0.2) is 4.79 Å². The van der Waals surface area contributed by atoms with E-state index in [1.54, 1.807) is 54.7 Å². The number of hydrazone groups is 1. The number of nitrogens with one attached hydrogen (secondary N) is 2. The highest BCUT2D eigenvalue weighted by Crippen LogP contribution is 2.18. The van der Waals surface area contributed by atoms with Gasteiger partial charge in [-0.15, -0.1) is 0 Å². The SMILES string of the molecule is CCNC(=S)N/N=C\c1ccc(OC(=O)c2ccccc2Cl)cc1. The van der Waals surface area contributed by atoms with E-state index in [0.29, 0.717) is 21.4 Å². The number of benzene rings is 2. The van der Waals surface area contributed by atoms with Crippen molar-refractivity contribution in [3.8, 4) is 5.75 Å². The van der Waals surface area contributed by atoms with Crippen LogP contribution in [0.1, 0.15) is 22.8 Å². The highest BCUT2D eigenvalue weighted by Gasteiger charge is 2.11. The highest BCUT2D eigenvalue weighted by atomic mass is 35.5. The molecular weight excluding hydrogens is 346 g/mol. The number of hydrogen-bond acceptors (Lipinski definition) is 4. The second kappa shape index (κ2) is 9.00. The molecule has 0 atom stereocenters. The topological polar surface area (TPSA) is 62.7 Å². The monoisotopic (exact) mass is 361 g/mol. The van der Waals surface area contributed by atoms with E-state index in [0.717, 1.165) is 12.1 Å². The van der Waals surface area contributed by atoms with Crippen molar-refractivity contribution in [2.45, 2.75) is 6.92 Å². The summed E-state index contributed by atoms with van der Waals surface area (Å²) >= 11 is 11.0. The first kappa shape index (κ1) is 17.9. The molecule has 0 spiro atoms. The Kier molecular flexibility index (Phi) is 6.72. The van der Waals surface area contributed by atoms with E-state index in [1.165, 1.54) is 0 Å². The molecule has 0 aliphatic heterocycles. The van der Waals surface area contributed by atoms with E-state index in [9.17, 15) is 4.79 Å². The molecule has 0 radical (unpaired) electrons. The standard InChI is InChI=1S/C17H16ClN3O2S/c1-2-19-17(24)21-20-11-12-7-9-13(10-8-12)23-16(22)14-5-3-4-6-15(14)18/h3-11H,2H2,1H3,(H2,19,21,24)/b20-11-. The summed E-state index contributed by atoms with van der Waals surface area (Å²) in [6.45, 7) is 2.67. The summed E-state index contributed by atoms with van der Waals surface area (Å²) in [4.78, 5) is 12.1. The summed E-state index contributed by atoms with van der Waals surface area (Å²) in [7, 11) is 0. The molecule has 124 valence electrons. The lowest BCUT2D eigenvalue weighted by molar-refractivity contribution is 0.0735. The third kappa shape index (κ3) is 5.33. The molecule has 0 heterocycles. The van der Waals surface area contributed by atoms with Gasteiger partial charge in [0.25, 0.3) is 0 Å². The van der Waals surface area contributed by atoms with Crippen LogP contribution in [-0.2, 0) is 0 Å². The number of carbonyl (C=O) groups excluding carboxylic acids is 1. The number of halogens is 1. The molecule has 0 aromatic heterocycles. The first-order chi connectivity index (χ1) is 11.6. The Bertz CT molecular complexity index is 748. The van der Waals surface area contributed by atoms with Crippen LogP contribution in [0.2, 0.25) is 5.02 Å². The van der Waals surface area contributed by atoms with Crippen molar-refractivity contribution >= 4 is 41.1 Å². The maximum Gasteiger partial charge on any atom is 0.345 e. The van der Waals surface area contributed by atoms with Crippen molar-refractivity contribution in [1.82, 2.24) is 10.7 Å². The molecule has 2 aromatic carbocycles. The van der Waals surface area contributed by atoms with Crippen LogP contribution >= 0.6 is 23.8 Å². The summed E-state index contributed by atoms with van der Waals surface area (Å²) in [5.41, 5.74) is 3.85. The highest BCUT2D eigenvalue weighted by molar-refractivity contribution is 7.80. The van der Waals surface area contributed by atoms with Crippen LogP contribution < -0.4 is 15.5 Å². The Labute approximate surface area is 150 Å². The van der Waals surface area contributed by atoms with E-state index in [1.807, 2.05) is 6.92 Å². The fourth-order valence-corrected chi connectivity index (χ4v) is 2.19. The first-order valence-corrected chi connectivity index (χ1v) is 8.02. The van der Waals surface area contributed by atoms with Gasteiger partial charge < -0.3 is 10.1 Å². The van der Waals surface area contributed by atoms with Gasteiger partial charge in [0.1, 0.15) is 5.75 Å². The second-order valence-corrected chi connectivity index (χ2v) is 5.48. The quantitative estimate of drug-likeness (QED) is 0.281. The van der Waals surface area contributed by atoms with Gasteiger partial charge in [0.15, 0.2) is 5.11 Å². The molecule has 5 nitrogen and oxygen atoms in total. The fourth-order valence-electron chi connectivity index (χ4n) is 1.78. The number of rotatable bonds is 5. The predicted octanol–water partition coefficient (Wildman–Crippen LogP) is 3.38. The van der Waals surface area contributed by atoms with E-state index >= 15 is 0 Å². The molecule has 0 bridgehead atoms. The predicted molar refractivity (Wildman–Crippen MR) is 99.9 cm³/mol. The van der Waals surface area contributed by atoms with E-state index in [2.05, 4.69) is 15.8 Å². The summed E-state index contributed by atoms with van der Waals surface area (Å²) in [6, 6.07) is 13.6. The third-order valence-electron chi connectivity index (χ3n) is 2.90. The normalized spacial score (nSPS) is 10.4. The molecule has 7 heteroatoms. The number of hydrogen-bond donors (Lipinski definition) is 2. The van der Waals surface area contributed by atoms with Gasteiger partial charge in [-0.1, -0.05) is 23.7 Å². The molecule has 24 heavy (non-hydrogen) atoms. The molecular formula is C17H16ClN3O2S. The molecule has 2 N–H and O–H groups in total. The van der Waals surface area contributed by atoms with Gasteiger partial charge in [-0.05, 0) is 61.1 Å². The molecule has 0 fully saturated rings. The molecule has 0 aliphatic carbocycles. The Morgan fingerprint density at radius 3 is 2.62 bits per heavy atom. The zero-order valence-corrected chi connectivity index (χ0v) is 14.5. The Morgan fingerprint density at radius 2 is 1.96 bits per heavy atom. The summed E-state index contributed by atoms with van der Waals surface area (Å²) in [6.07, 6.45) is 1.61. The number of thiocarbonyl (C=S) groups is 1.